The third kappa shape index (κ3) is 6.06. The summed E-state index contributed by atoms with van der Waals surface area (Å²) in [5.74, 6) is -0.590. The van der Waals surface area contributed by atoms with Crippen molar-refractivity contribution >= 4 is 29.1 Å². The number of hydrogen-bond donors (Lipinski definition) is 3. The molecule has 0 aliphatic carbocycles. The van der Waals surface area contributed by atoms with Crippen LogP contribution in [0, 0.1) is 0 Å². The van der Waals surface area contributed by atoms with Crippen molar-refractivity contribution in [2.75, 3.05) is 46.2 Å². The molecule has 9 nitrogen and oxygen atoms in total. The van der Waals surface area contributed by atoms with E-state index in [1.54, 1.807) is 64.6 Å². The van der Waals surface area contributed by atoms with Gasteiger partial charge in [0, 0.05) is 82.3 Å². The first-order chi connectivity index (χ1) is 16.7. The van der Waals surface area contributed by atoms with Gasteiger partial charge in [0.1, 0.15) is 5.70 Å². The van der Waals surface area contributed by atoms with Crippen LogP contribution in [0.5, 0.6) is 0 Å². The van der Waals surface area contributed by atoms with E-state index in [1.165, 1.54) is 4.90 Å². The van der Waals surface area contributed by atoms with E-state index in [1.807, 2.05) is 12.1 Å². The van der Waals surface area contributed by atoms with Gasteiger partial charge >= 0.3 is 0 Å². The van der Waals surface area contributed by atoms with Gasteiger partial charge in [0.2, 0.25) is 0 Å². The molecular weight excluding hydrogens is 444 g/mol. The third-order valence-corrected chi connectivity index (χ3v) is 5.94. The minimum absolute atomic E-state index is 0.0552. The first-order valence-electron chi connectivity index (χ1n) is 11.4. The Morgan fingerprint density at radius 1 is 1.03 bits per heavy atom. The number of nitrogens with one attached hydrogen (secondary N) is 2. The quantitative estimate of drug-likeness (QED) is 0.547. The maximum atomic E-state index is 12.9. The minimum Gasteiger partial charge on any atom is -0.394 e. The van der Waals surface area contributed by atoms with E-state index in [0.717, 1.165) is 23.5 Å². The van der Waals surface area contributed by atoms with Gasteiger partial charge in [0.05, 0.1) is 0 Å². The van der Waals surface area contributed by atoms with Crippen molar-refractivity contribution in [1.29, 1.82) is 0 Å². The average Bonchev–Trinajstić information content (AvgIpc) is 2.90. The Labute approximate surface area is 205 Å². The molecule has 1 saturated heterocycles. The Bertz CT molecular complexity index is 1150. The van der Waals surface area contributed by atoms with E-state index in [0.29, 0.717) is 29.7 Å². The van der Waals surface area contributed by atoms with Crippen molar-refractivity contribution in [2.24, 2.45) is 10.7 Å². The molecule has 0 saturated carbocycles. The summed E-state index contributed by atoms with van der Waals surface area (Å²) in [4.78, 5) is 44.7. The number of carbonyl (C=O) groups excluding carboxylic acids is 3. The number of aliphatic imine (C=N–C) groups is 1. The molecular formula is C26H32N6O3. The normalized spacial score (nSPS) is 16.0. The van der Waals surface area contributed by atoms with Crippen molar-refractivity contribution < 1.29 is 14.4 Å². The minimum atomic E-state index is -0.370. The van der Waals surface area contributed by atoms with Crippen molar-refractivity contribution in [1.82, 2.24) is 15.5 Å². The van der Waals surface area contributed by atoms with E-state index in [2.05, 4.69) is 20.5 Å². The summed E-state index contributed by atoms with van der Waals surface area (Å²) in [7, 11) is 6.72. The van der Waals surface area contributed by atoms with Crippen LogP contribution in [-0.2, 0) is 11.3 Å². The Kier molecular flexibility index (Phi) is 8.25. The summed E-state index contributed by atoms with van der Waals surface area (Å²) in [5, 5.41) is 5.43. The molecule has 2 aromatic carbocycles. The van der Waals surface area contributed by atoms with Crippen molar-refractivity contribution in [3.05, 3.63) is 76.5 Å². The van der Waals surface area contributed by atoms with Gasteiger partial charge in [0.15, 0.2) is 0 Å². The van der Waals surface area contributed by atoms with Crippen LogP contribution in [-0.4, -0.2) is 69.6 Å². The van der Waals surface area contributed by atoms with E-state index < -0.39 is 0 Å². The first-order valence-corrected chi connectivity index (χ1v) is 11.4. The lowest BCUT2D eigenvalue weighted by Crippen LogP contribution is -2.40. The topological polar surface area (TPSA) is 120 Å². The molecule has 0 spiro atoms. The summed E-state index contributed by atoms with van der Waals surface area (Å²) in [6.45, 7) is 1.45. The molecule has 4 N–H and O–H groups in total. The van der Waals surface area contributed by atoms with E-state index >= 15 is 0 Å². The van der Waals surface area contributed by atoms with Crippen LogP contribution in [0.15, 0.2) is 64.8 Å². The lowest BCUT2D eigenvalue weighted by atomic mass is 9.98. The Balaban J connectivity index is 1.72. The van der Waals surface area contributed by atoms with Gasteiger partial charge in [-0.3, -0.25) is 19.4 Å². The molecule has 3 rings (SSSR count). The number of hydrogen-bond acceptors (Lipinski definition) is 6. The maximum Gasteiger partial charge on any atom is 0.267 e. The predicted octanol–water partition coefficient (Wildman–Crippen LogP) is 1.56. The molecule has 0 aromatic heterocycles. The van der Waals surface area contributed by atoms with E-state index in [9.17, 15) is 14.4 Å². The second-order valence-electron chi connectivity index (χ2n) is 8.44. The molecule has 0 atom stereocenters. The largest absolute Gasteiger partial charge is 0.394 e. The highest BCUT2D eigenvalue weighted by molar-refractivity contribution is 6.09. The number of piperidine rings is 1. The number of nitrogens with zero attached hydrogens (tertiary/aromatic N) is 3. The molecule has 184 valence electrons. The molecule has 1 aliphatic rings. The first kappa shape index (κ1) is 25.5. The van der Waals surface area contributed by atoms with Crippen LogP contribution in [0.2, 0.25) is 0 Å². The number of anilines is 1. The van der Waals surface area contributed by atoms with Crippen LogP contribution < -0.4 is 21.3 Å². The molecule has 2 aromatic rings. The summed E-state index contributed by atoms with van der Waals surface area (Å²) in [6.07, 6.45) is 0.652. The fraction of sp³-hybridized carbons (Fsp3) is 0.308. The van der Waals surface area contributed by atoms with Gasteiger partial charge in [-0.2, -0.15) is 0 Å². The monoisotopic (exact) mass is 476 g/mol. The van der Waals surface area contributed by atoms with Gasteiger partial charge < -0.3 is 26.2 Å². The molecule has 0 unspecified atom stereocenters. The summed E-state index contributed by atoms with van der Waals surface area (Å²) >= 11 is 0. The van der Waals surface area contributed by atoms with Gasteiger partial charge in [0.25, 0.3) is 17.7 Å². The standard InChI is InChI=1S/C26H32N6O3/c1-28-22-13-14-32(20-11-9-19(10-12-20)26(35)31(3)4)16-21(22)23(27)25(34)30-15-17-5-7-18(8-6-17)24(33)29-2/h5-12H,13-16,27H2,1-4H3,(H,29,33)(H,30,34)/b23-21-,28-22?. The number of amides is 3. The van der Waals surface area contributed by atoms with Crippen LogP contribution in [0.1, 0.15) is 32.7 Å². The lowest BCUT2D eigenvalue weighted by Gasteiger charge is -2.32. The second kappa shape index (κ2) is 11.3. The molecule has 1 aliphatic heterocycles. The molecule has 3 amide bonds. The molecule has 1 fully saturated rings. The number of rotatable bonds is 6. The van der Waals surface area contributed by atoms with Crippen molar-refractivity contribution in [3.63, 3.8) is 0 Å². The summed E-state index contributed by atoms with van der Waals surface area (Å²) in [5.41, 5.74) is 10.9. The highest BCUT2D eigenvalue weighted by atomic mass is 16.2. The number of carbonyl (C=O) groups is 3. The van der Waals surface area contributed by atoms with E-state index in [4.69, 9.17) is 5.73 Å². The van der Waals surface area contributed by atoms with Crippen LogP contribution >= 0.6 is 0 Å². The smallest absolute Gasteiger partial charge is 0.267 e. The highest BCUT2D eigenvalue weighted by Crippen LogP contribution is 2.23. The summed E-state index contributed by atoms with van der Waals surface area (Å²) < 4.78 is 0. The van der Waals surface area contributed by atoms with Crippen LogP contribution in [0.25, 0.3) is 0 Å². The summed E-state index contributed by atoms with van der Waals surface area (Å²) in [6, 6.07) is 14.4. The third-order valence-electron chi connectivity index (χ3n) is 5.94. The number of benzene rings is 2. The van der Waals surface area contributed by atoms with Crippen molar-refractivity contribution in [3.8, 4) is 0 Å². The van der Waals surface area contributed by atoms with Crippen molar-refractivity contribution in [2.45, 2.75) is 13.0 Å². The molecule has 35 heavy (non-hydrogen) atoms. The molecule has 0 radical (unpaired) electrons. The van der Waals surface area contributed by atoms with Gasteiger partial charge in [-0.05, 0) is 42.0 Å². The fourth-order valence-corrected chi connectivity index (χ4v) is 3.87. The molecule has 0 bridgehead atoms. The highest BCUT2D eigenvalue weighted by Gasteiger charge is 2.25. The number of nitrogens with two attached hydrogens (primary N) is 1. The van der Waals surface area contributed by atoms with Crippen LogP contribution in [0.4, 0.5) is 5.69 Å². The van der Waals surface area contributed by atoms with Gasteiger partial charge in [-0.25, -0.2) is 0 Å². The molecule has 9 heteroatoms. The van der Waals surface area contributed by atoms with E-state index in [-0.39, 0.29) is 30.0 Å². The SMILES string of the molecule is CN=C1CCN(c2ccc(C(=O)N(C)C)cc2)C/C1=C(/N)C(=O)NCc1ccc(C(=O)NC)cc1. The predicted molar refractivity (Wildman–Crippen MR) is 138 cm³/mol. The zero-order valence-electron chi connectivity index (χ0n) is 20.6. The Hall–Kier alpha value is -4.14. The second-order valence-corrected chi connectivity index (χ2v) is 8.44. The zero-order valence-corrected chi connectivity index (χ0v) is 20.6. The fourth-order valence-electron chi connectivity index (χ4n) is 3.87. The molecule has 1 heterocycles. The Morgan fingerprint density at radius 3 is 2.23 bits per heavy atom. The van der Waals surface area contributed by atoms with Crippen LogP contribution in [0.3, 0.4) is 0 Å². The Morgan fingerprint density at radius 2 is 1.66 bits per heavy atom. The maximum absolute atomic E-state index is 12.9. The van der Waals surface area contributed by atoms with Gasteiger partial charge in [-0.1, -0.05) is 12.1 Å². The zero-order chi connectivity index (χ0) is 25.5. The average molecular weight is 477 g/mol. The van der Waals surface area contributed by atoms with Gasteiger partial charge in [-0.15, -0.1) is 0 Å². The lowest BCUT2D eigenvalue weighted by molar-refractivity contribution is -0.117.